The summed E-state index contributed by atoms with van der Waals surface area (Å²) in [6, 6.07) is 13.6. The summed E-state index contributed by atoms with van der Waals surface area (Å²) in [6.45, 7) is 1.91. The summed E-state index contributed by atoms with van der Waals surface area (Å²) < 4.78 is 37.9. The summed E-state index contributed by atoms with van der Waals surface area (Å²) in [5.41, 5.74) is 2.58. The molecule has 0 atom stereocenters. The van der Waals surface area contributed by atoms with Gasteiger partial charge in [-0.1, -0.05) is 6.07 Å². The number of fused-ring (bicyclic) bond motifs is 1. The Morgan fingerprint density at radius 3 is 1.97 bits per heavy atom. The molecular weight excluding hydrogens is 504 g/mol. The average Bonchev–Trinajstić information content (AvgIpc) is 3.43. The molecular formula is C30H30O9. The highest BCUT2D eigenvalue weighted by Crippen LogP contribution is 2.40. The third-order valence-electron chi connectivity index (χ3n) is 6.39. The first-order valence-corrected chi connectivity index (χ1v) is 12.0. The molecule has 4 rings (SSSR count). The number of hydrogen-bond donors (Lipinski definition) is 0. The van der Waals surface area contributed by atoms with Crippen LogP contribution in [0, 0.1) is 6.92 Å². The summed E-state index contributed by atoms with van der Waals surface area (Å²) in [5.74, 6) is 1.88. The molecule has 0 N–H and O–H groups in total. The molecule has 1 heterocycles. The van der Waals surface area contributed by atoms with E-state index >= 15 is 0 Å². The van der Waals surface area contributed by atoms with Crippen LogP contribution in [-0.4, -0.2) is 54.1 Å². The van der Waals surface area contributed by atoms with Crippen molar-refractivity contribution in [2.24, 2.45) is 0 Å². The minimum atomic E-state index is -0.671. The van der Waals surface area contributed by atoms with Crippen LogP contribution in [0.5, 0.6) is 34.5 Å². The first kappa shape index (κ1) is 27.4. The standard InChI is InChI=1S/C30H30O9/c1-17-11-20(8-9-22(17)33-2)28(31)21(12-18-13-25(34-3)29(36-5)26(14-18)35-4)27(30(32)37-6)19-7-10-23-24(15-19)39-16-38-23/h7-11,13-15H,12,16H2,1-6H3/b27-21-. The third-order valence-corrected chi connectivity index (χ3v) is 6.39. The van der Waals surface area contributed by atoms with Gasteiger partial charge in [-0.15, -0.1) is 0 Å². The Morgan fingerprint density at radius 2 is 1.38 bits per heavy atom. The molecule has 3 aromatic rings. The number of allylic oxidation sites excluding steroid dienone is 1. The second-order valence-corrected chi connectivity index (χ2v) is 8.64. The van der Waals surface area contributed by atoms with Crippen LogP contribution in [0.1, 0.15) is 27.0 Å². The van der Waals surface area contributed by atoms with E-state index in [-0.39, 0.29) is 30.1 Å². The Balaban J connectivity index is 1.95. The minimum Gasteiger partial charge on any atom is -0.496 e. The smallest absolute Gasteiger partial charge is 0.338 e. The Hall–Kier alpha value is -4.66. The number of esters is 1. The zero-order valence-corrected chi connectivity index (χ0v) is 22.7. The first-order valence-electron chi connectivity index (χ1n) is 12.0. The Kier molecular flexibility index (Phi) is 8.29. The number of carbonyl (C=O) groups excluding carboxylic acids is 2. The van der Waals surface area contributed by atoms with Crippen molar-refractivity contribution in [1.82, 2.24) is 0 Å². The number of hydrogen-bond acceptors (Lipinski definition) is 9. The third kappa shape index (κ3) is 5.47. The number of aryl methyl sites for hydroxylation is 1. The molecule has 0 fully saturated rings. The van der Waals surface area contributed by atoms with E-state index in [1.807, 2.05) is 6.92 Å². The number of benzene rings is 3. The number of rotatable bonds is 10. The number of Topliss-reactive ketones (excluding diaryl/α,β-unsaturated/α-hetero) is 1. The van der Waals surface area contributed by atoms with Crippen LogP contribution in [0.15, 0.2) is 54.1 Å². The van der Waals surface area contributed by atoms with Crippen molar-refractivity contribution in [2.75, 3.05) is 42.3 Å². The van der Waals surface area contributed by atoms with E-state index < -0.39 is 5.97 Å². The molecule has 204 valence electrons. The Morgan fingerprint density at radius 1 is 0.744 bits per heavy atom. The lowest BCUT2D eigenvalue weighted by Crippen LogP contribution is -2.15. The molecule has 39 heavy (non-hydrogen) atoms. The van der Waals surface area contributed by atoms with Crippen molar-refractivity contribution in [2.45, 2.75) is 13.3 Å². The van der Waals surface area contributed by atoms with Crippen LogP contribution in [0.3, 0.4) is 0 Å². The topological polar surface area (TPSA) is 98.8 Å². The first-order chi connectivity index (χ1) is 18.8. The molecule has 0 bridgehead atoms. The van der Waals surface area contributed by atoms with Gasteiger partial charge in [0.05, 0.1) is 41.1 Å². The van der Waals surface area contributed by atoms with Gasteiger partial charge in [0.2, 0.25) is 12.5 Å². The molecule has 0 spiro atoms. The van der Waals surface area contributed by atoms with Crippen molar-refractivity contribution in [3.05, 3.63) is 76.4 Å². The van der Waals surface area contributed by atoms with E-state index in [2.05, 4.69) is 0 Å². The van der Waals surface area contributed by atoms with E-state index in [0.29, 0.717) is 51.2 Å². The van der Waals surface area contributed by atoms with Crippen LogP contribution >= 0.6 is 0 Å². The molecule has 1 aliphatic rings. The van der Waals surface area contributed by atoms with Gasteiger partial charge in [-0.05, 0) is 66.1 Å². The van der Waals surface area contributed by atoms with Gasteiger partial charge in [0.25, 0.3) is 0 Å². The number of ether oxygens (including phenoxy) is 7. The SMILES string of the molecule is COC(=O)/C(=C(/Cc1cc(OC)c(OC)c(OC)c1)C(=O)c1ccc(OC)c(C)c1)c1ccc2c(c1)OCO2. The van der Waals surface area contributed by atoms with Gasteiger partial charge < -0.3 is 33.2 Å². The summed E-state index contributed by atoms with van der Waals surface area (Å²) in [7, 11) is 7.37. The average molecular weight is 535 g/mol. The molecule has 0 aromatic heterocycles. The molecule has 1 aliphatic heterocycles. The monoisotopic (exact) mass is 534 g/mol. The van der Waals surface area contributed by atoms with Crippen LogP contribution in [0.4, 0.5) is 0 Å². The van der Waals surface area contributed by atoms with Gasteiger partial charge in [-0.2, -0.15) is 0 Å². The van der Waals surface area contributed by atoms with E-state index in [1.54, 1.807) is 55.6 Å². The predicted octanol–water partition coefficient (Wildman–Crippen LogP) is 4.81. The predicted molar refractivity (Wildman–Crippen MR) is 143 cm³/mol. The molecule has 0 amide bonds. The highest BCUT2D eigenvalue weighted by molar-refractivity contribution is 6.27. The highest BCUT2D eigenvalue weighted by Gasteiger charge is 2.28. The summed E-state index contributed by atoms with van der Waals surface area (Å²) >= 11 is 0. The van der Waals surface area contributed by atoms with Gasteiger partial charge in [0, 0.05) is 17.6 Å². The molecule has 0 unspecified atom stereocenters. The van der Waals surface area contributed by atoms with E-state index in [4.69, 9.17) is 33.2 Å². The lowest BCUT2D eigenvalue weighted by Gasteiger charge is -2.18. The van der Waals surface area contributed by atoms with Gasteiger partial charge in [0.15, 0.2) is 28.8 Å². The normalized spacial score (nSPS) is 12.4. The fourth-order valence-electron chi connectivity index (χ4n) is 4.49. The Bertz CT molecular complexity index is 1410. The van der Waals surface area contributed by atoms with Gasteiger partial charge >= 0.3 is 5.97 Å². The van der Waals surface area contributed by atoms with Gasteiger partial charge in [-0.25, -0.2) is 4.79 Å². The highest BCUT2D eigenvalue weighted by atomic mass is 16.7. The zero-order valence-electron chi connectivity index (χ0n) is 22.7. The summed E-state index contributed by atoms with van der Waals surface area (Å²) in [6.07, 6.45) is 0.0551. The molecule has 0 radical (unpaired) electrons. The second-order valence-electron chi connectivity index (χ2n) is 8.64. The van der Waals surface area contributed by atoms with Crippen molar-refractivity contribution >= 4 is 17.3 Å². The van der Waals surface area contributed by atoms with Crippen LogP contribution < -0.4 is 28.4 Å². The van der Waals surface area contributed by atoms with E-state index in [9.17, 15) is 9.59 Å². The maximum atomic E-state index is 14.2. The lowest BCUT2D eigenvalue weighted by atomic mass is 9.88. The molecule has 0 saturated carbocycles. The van der Waals surface area contributed by atoms with Crippen LogP contribution in [0.25, 0.3) is 5.57 Å². The summed E-state index contributed by atoms with van der Waals surface area (Å²) in [5, 5.41) is 0. The van der Waals surface area contributed by atoms with Crippen LogP contribution in [0.2, 0.25) is 0 Å². The Labute approximate surface area is 226 Å². The van der Waals surface area contributed by atoms with Gasteiger partial charge in [0.1, 0.15) is 5.75 Å². The molecule has 9 nitrogen and oxygen atoms in total. The maximum absolute atomic E-state index is 14.2. The lowest BCUT2D eigenvalue weighted by molar-refractivity contribution is -0.133. The van der Waals surface area contributed by atoms with Crippen molar-refractivity contribution in [3.63, 3.8) is 0 Å². The fraction of sp³-hybridized carbons (Fsp3) is 0.267. The van der Waals surface area contributed by atoms with Crippen LogP contribution in [-0.2, 0) is 16.0 Å². The maximum Gasteiger partial charge on any atom is 0.338 e. The molecule has 9 heteroatoms. The minimum absolute atomic E-state index is 0.0551. The van der Waals surface area contributed by atoms with E-state index in [0.717, 1.165) is 5.56 Å². The number of methoxy groups -OCH3 is 5. The molecule has 0 saturated heterocycles. The second kappa shape index (κ2) is 11.8. The van der Waals surface area contributed by atoms with E-state index in [1.165, 1.54) is 28.4 Å². The largest absolute Gasteiger partial charge is 0.496 e. The van der Waals surface area contributed by atoms with Crippen molar-refractivity contribution in [1.29, 1.82) is 0 Å². The number of carbonyl (C=O) groups is 2. The molecule has 3 aromatic carbocycles. The van der Waals surface area contributed by atoms with Crippen molar-refractivity contribution < 1.29 is 42.7 Å². The quantitative estimate of drug-likeness (QED) is 0.206. The zero-order chi connectivity index (χ0) is 28.1. The van der Waals surface area contributed by atoms with Gasteiger partial charge in [-0.3, -0.25) is 4.79 Å². The number of ketones is 1. The fourth-order valence-corrected chi connectivity index (χ4v) is 4.49. The van der Waals surface area contributed by atoms with Crippen molar-refractivity contribution in [3.8, 4) is 34.5 Å². The molecule has 0 aliphatic carbocycles. The summed E-state index contributed by atoms with van der Waals surface area (Å²) in [4.78, 5) is 27.5.